The Morgan fingerprint density at radius 2 is 1.84 bits per heavy atom. The lowest BCUT2D eigenvalue weighted by Crippen LogP contribution is -2.32. The van der Waals surface area contributed by atoms with Gasteiger partial charge in [-0.05, 0) is 37.0 Å². The van der Waals surface area contributed by atoms with Crippen molar-refractivity contribution in [3.8, 4) is 11.5 Å². The van der Waals surface area contributed by atoms with E-state index in [0.29, 0.717) is 24.3 Å². The van der Waals surface area contributed by atoms with Gasteiger partial charge in [-0.2, -0.15) is 0 Å². The van der Waals surface area contributed by atoms with Gasteiger partial charge in [-0.25, -0.2) is 0 Å². The lowest BCUT2D eigenvalue weighted by molar-refractivity contribution is -0.143. The molecule has 104 valence electrons. The predicted octanol–water partition coefficient (Wildman–Crippen LogP) is 2.91. The largest absolute Gasteiger partial charge is 0.493 e. The molecule has 1 aromatic carbocycles. The molecular formula is C15H20O4. The predicted molar refractivity (Wildman–Crippen MR) is 72.1 cm³/mol. The summed E-state index contributed by atoms with van der Waals surface area (Å²) in [5, 5.41) is 9.63. The number of aliphatic carboxylic acids is 1. The third kappa shape index (κ3) is 2.15. The second kappa shape index (κ2) is 5.11. The lowest BCUT2D eigenvalue weighted by Gasteiger charge is -2.26. The molecule has 0 radical (unpaired) electrons. The number of carboxylic acid groups (broad SMARTS) is 1. The summed E-state index contributed by atoms with van der Waals surface area (Å²) in [5.41, 5.74) is 0.974. The molecule has 0 saturated heterocycles. The number of benzene rings is 1. The Morgan fingerprint density at radius 3 is 2.32 bits per heavy atom. The minimum atomic E-state index is -0.760. The molecule has 0 aliphatic heterocycles. The molecule has 1 saturated carbocycles. The molecule has 1 aliphatic carbocycles. The molecule has 2 rings (SSSR count). The second-order valence-electron chi connectivity index (χ2n) is 5.12. The zero-order valence-electron chi connectivity index (χ0n) is 11.7. The van der Waals surface area contributed by atoms with Crippen LogP contribution in [0.25, 0.3) is 0 Å². The number of carboxylic acids is 1. The van der Waals surface area contributed by atoms with E-state index in [4.69, 9.17) is 9.47 Å². The van der Waals surface area contributed by atoms with Crippen molar-refractivity contribution in [1.82, 2.24) is 0 Å². The number of hydrogen-bond acceptors (Lipinski definition) is 3. The van der Waals surface area contributed by atoms with Gasteiger partial charge in [0.05, 0.1) is 19.6 Å². The smallest absolute Gasteiger partial charge is 0.314 e. The van der Waals surface area contributed by atoms with Crippen LogP contribution < -0.4 is 9.47 Å². The van der Waals surface area contributed by atoms with Gasteiger partial charge in [0.25, 0.3) is 0 Å². The van der Waals surface area contributed by atoms with Crippen LogP contribution in [0.4, 0.5) is 0 Å². The van der Waals surface area contributed by atoms with Crippen molar-refractivity contribution >= 4 is 5.97 Å². The topological polar surface area (TPSA) is 55.8 Å². The van der Waals surface area contributed by atoms with Gasteiger partial charge in [0.2, 0.25) is 0 Å². The third-order valence-electron chi connectivity index (χ3n) is 4.08. The fourth-order valence-corrected chi connectivity index (χ4v) is 3.04. The maximum atomic E-state index is 11.7. The van der Waals surface area contributed by atoms with Crippen LogP contribution in [0.5, 0.6) is 11.5 Å². The number of methoxy groups -OCH3 is 2. The van der Waals surface area contributed by atoms with Crippen molar-refractivity contribution < 1.29 is 19.4 Å². The molecule has 0 bridgehead atoms. The Balaban J connectivity index is 2.56. The van der Waals surface area contributed by atoms with Gasteiger partial charge in [0, 0.05) is 0 Å². The number of rotatable bonds is 4. The van der Waals surface area contributed by atoms with Crippen LogP contribution in [0.3, 0.4) is 0 Å². The van der Waals surface area contributed by atoms with Gasteiger partial charge >= 0.3 is 5.97 Å². The van der Waals surface area contributed by atoms with Gasteiger partial charge in [-0.15, -0.1) is 0 Å². The Kier molecular flexibility index (Phi) is 3.69. The zero-order valence-corrected chi connectivity index (χ0v) is 11.7. The highest BCUT2D eigenvalue weighted by Crippen LogP contribution is 2.44. The van der Waals surface area contributed by atoms with E-state index >= 15 is 0 Å². The maximum absolute atomic E-state index is 11.7. The molecule has 0 heterocycles. The number of carbonyl (C=O) groups is 1. The molecule has 1 fully saturated rings. The molecular weight excluding hydrogens is 244 g/mol. The second-order valence-corrected chi connectivity index (χ2v) is 5.12. The molecule has 0 spiro atoms. The van der Waals surface area contributed by atoms with E-state index < -0.39 is 11.4 Å². The summed E-state index contributed by atoms with van der Waals surface area (Å²) in [7, 11) is 3.16. The monoisotopic (exact) mass is 264 g/mol. The zero-order chi connectivity index (χ0) is 14.0. The summed E-state index contributed by atoms with van der Waals surface area (Å²) < 4.78 is 10.6. The fraction of sp³-hybridized carbons (Fsp3) is 0.533. The van der Waals surface area contributed by atoms with E-state index in [9.17, 15) is 9.90 Å². The molecule has 1 aromatic rings. The Morgan fingerprint density at radius 1 is 1.21 bits per heavy atom. The summed E-state index contributed by atoms with van der Waals surface area (Å²) in [6.45, 7) is 1.91. The number of aryl methyl sites for hydroxylation is 1. The third-order valence-corrected chi connectivity index (χ3v) is 4.08. The average molecular weight is 264 g/mol. The Labute approximate surface area is 113 Å². The molecule has 0 unspecified atom stereocenters. The Hall–Kier alpha value is -1.71. The number of ether oxygens (including phenoxy) is 2. The minimum Gasteiger partial charge on any atom is -0.493 e. The van der Waals surface area contributed by atoms with Crippen molar-refractivity contribution in [3.05, 3.63) is 23.3 Å². The molecule has 19 heavy (non-hydrogen) atoms. The molecule has 1 aliphatic rings. The summed E-state index contributed by atoms with van der Waals surface area (Å²) >= 11 is 0. The first-order valence-electron chi connectivity index (χ1n) is 6.51. The highest BCUT2D eigenvalue weighted by Gasteiger charge is 2.43. The van der Waals surface area contributed by atoms with Crippen LogP contribution in [-0.4, -0.2) is 25.3 Å². The number of hydrogen-bond donors (Lipinski definition) is 1. The molecule has 4 nitrogen and oxygen atoms in total. The van der Waals surface area contributed by atoms with Crippen LogP contribution in [0.1, 0.15) is 36.8 Å². The molecule has 1 N–H and O–H groups in total. The van der Waals surface area contributed by atoms with Gasteiger partial charge in [0.15, 0.2) is 11.5 Å². The van der Waals surface area contributed by atoms with E-state index in [0.717, 1.165) is 24.0 Å². The van der Waals surface area contributed by atoms with E-state index in [1.54, 1.807) is 14.2 Å². The fourth-order valence-electron chi connectivity index (χ4n) is 3.04. The van der Waals surface area contributed by atoms with E-state index in [1.165, 1.54) is 0 Å². The first-order valence-corrected chi connectivity index (χ1v) is 6.51. The van der Waals surface area contributed by atoms with E-state index in [-0.39, 0.29) is 0 Å². The van der Waals surface area contributed by atoms with Gasteiger partial charge in [-0.1, -0.05) is 18.9 Å². The van der Waals surface area contributed by atoms with Crippen LogP contribution >= 0.6 is 0 Å². The maximum Gasteiger partial charge on any atom is 0.314 e. The normalized spacial score (nSPS) is 17.2. The van der Waals surface area contributed by atoms with Gasteiger partial charge in [0.1, 0.15) is 0 Å². The minimum absolute atomic E-state index is 0.602. The first kappa shape index (κ1) is 13.7. The van der Waals surface area contributed by atoms with Crippen LogP contribution in [0.15, 0.2) is 12.1 Å². The van der Waals surface area contributed by atoms with Crippen molar-refractivity contribution in [2.75, 3.05) is 14.2 Å². The van der Waals surface area contributed by atoms with Crippen LogP contribution in [-0.2, 0) is 10.2 Å². The summed E-state index contributed by atoms with van der Waals surface area (Å²) in [6, 6.07) is 3.73. The van der Waals surface area contributed by atoms with Crippen LogP contribution in [0, 0.1) is 6.92 Å². The standard InChI is InChI=1S/C15H20O4/c1-10-8-11(9-12(18-2)13(10)19-3)15(14(16)17)6-4-5-7-15/h8-9H,4-7H2,1-3H3,(H,16,17). The van der Waals surface area contributed by atoms with Gasteiger partial charge in [-0.3, -0.25) is 4.79 Å². The molecule has 4 heteroatoms. The Bertz CT molecular complexity index is 487. The quantitative estimate of drug-likeness (QED) is 0.908. The van der Waals surface area contributed by atoms with Gasteiger partial charge < -0.3 is 14.6 Å². The molecule has 0 aromatic heterocycles. The first-order chi connectivity index (χ1) is 9.05. The molecule has 0 amide bonds. The summed E-state index contributed by atoms with van der Waals surface area (Å²) in [6.07, 6.45) is 3.30. The lowest BCUT2D eigenvalue weighted by atomic mass is 9.78. The van der Waals surface area contributed by atoms with Crippen molar-refractivity contribution in [2.24, 2.45) is 0 Å². The average Bonchev–Trinajstić information content (AvgIpc) is 2.88. The SMILES string of the molecule is COc1cc(C2(C(=O)O)CCCC2)cc(C)c1OC. The van der Waals surface area contributed by atoms with Crippen molar-refractivity contribution in [3.63, 3.8) is 0 Å². The van der Waals surface area contributed by atoms with Crippen molar-refractivity contribution in [2.45, 2.75) is 38.0 Å². The van der Waals surface area contributed by atoms with E-state index in [1.807, 2.05) is 19.1 Å². The van der Waals surface area contributed by atoms with E-state index in [2.05, 4.69) is 0 Å². The highest BCUT2D eigenvalue weighted by molar-refractivity contribution is 5.82. The summed E-state index contributed by atoms with van der Waals surface area (Å²) in [4.78, 5) is 11.7. The van der Waals surface area contributed by atoms with Crippen LogP contribution in [0.2, 0.25) is 0 Å². The summed E-state index contributed by atoms with van der Waals surface area (Å²) in [5.74, 6) is 0.534. The van der Waals surface area contributed by atoms with Crippen molar-refractivity contribution in [1.29, 1.82) is 0 Å². The highest BCUT2D eigenvalue weighted by atomic mass is 16.5. The molecule has 0 atom stereocenters.